The van der Waals surface area contributed by atoms with Crippen LogP contribution in [-0.4, -0.2) is 30.7 Å². The Labute approximate surface area is 242 Å². The van der Waals surface area contributed by atoms with Crippen LogP contribution in [0.4, 0.5) is 0 Å². The van der Waals surface area contributed by atoms with Crippen molar-refractivity contribution in [3.05, 3.63) is 125 Å². The van der Waals surface area contributed by atoms with E-state index < -0.39 is 8.32 Å². The van der Waals surface area contributed by atoms with E-state index in [9.17, 15) is 4.79 Å². The molecular weight excluding hydrogens is 535 g/mol. The van der Waals surface area contributed by atoms with E-state index in [2.05, 4.69) is 81.4 Å². The van der Waals surface area contributed by atoms with Crippen molar-refractivity contribution in [2.24, 2.45) is 0 Å². The zero-order chi connectivity index (χ0) is 28.2. The first-order valence-corrected chi connectivity index (χ1v) is 16.7. The largest absolute Gasteiger partial charge is 0.483 e. The molecule has 0 unspecified atom stereocenters. The van der Waals surface area contributed by atoms with Crippen molar-refractivity contribution in [1.29, 1.82) is 0 Å². The predicted octanol–water partition coefficient (Wildman–Crippen LogP) is 5.90. The quantitative estimate of drug-likeness (QED) is 0.234. The second-order valence-corrected chi connectivity index (χ2v) is 16.6. The van der Waals surface area contributed by atoms with Gasteiger partial charge in [-0.1, -0.05) is 112 Å². The zero-order valence-electron chi connectivity index (χ0n) is 23.6. The number of hydrogen-bond donors (Lipinski definition) is 0. The average molecular weight is 572 g/mol. The van der Waals surface area contributed by atoms with Gasteiger partial charge >= 0.3 is 0 Å². The Morgan fingerprint density at radius 2 is 1.48 bits per heavy atom. The van der Waals surface area contributed by atoms with Crippen molar-refractivity contribution in [2.75, 3.05) is 12.4 Å². The zero-order valence-corrected chi connectivity index (χ0v) is 25.4. The van der Waals surface area contributed by atoms with E-state index in [0.29, 0.717) is 19.0 Å². The summed E-state index contributed by atoms with van der Waals surface area (Å²) in [5.41, 5.74) is 1.54. The molecule has 208 valence electrons. The highest BCUT2D eigenvalue weighted by Crippen LogP contribution is 2.39. The first-order chi connectivity index (χ1) is 19.3. The van der Waals surface area contributed by atoms with E-state index in [1.54, 1.807) is 17.8 Å². The van der Waals surface area contributed by atoms with Crippen molar-refractivity contribution in [2.45, 2.75) is 51.0 Å². The van der Waals surface area contributed by atoms with E-state index in [0.717, 1.165) is 17.0 Å². The smallest absolute Gasteiger partial charge is 0.261 e. The van der Waals surface area contributed by atoms with E-state index >= 15 is 0 Å². The van der Waals surface area contributed by atoms with E-state index in [1.807, 2.05) is 48.0 Å². The molecule has 40 heavy (non-hydrogen) atoms. The minimum Gasteiger partial charge on any atom is -0.483 e. The van der Waals surface area contributed by atoms with Crippen LogP contribution in [0.3, 0.4) is 0 Å². The Morgan fingerprint density at radius 3 is 2.05 bits per heavy atom. The molecule has 1 aromatic heterocycles. The van der Waals surface area contributed by atoms with Crippen LogP contribution >= 0.6 is 11.8 Å². The Morgan fingerprint density at radius 1 is 0.900 bits per heavy atom. The minimum absolute atomic E-state index is 0.0985. The Balaban J connectivity index is 1.35. The number of nitrogens with zero attached hydrogens (tertiary/aromatic N) is 1. The van der Waals surface area contributed by atoms with Crippen LogP contribution in [-0.2, 0) is 15.8 Å². The summed E-state index contributed by atoms with van der Waals surface area (Å²) >= 11 is 1.75. The third-order valence-electron chi connectivity index (χ3n) is 7.45. The number of pyridine rings is 1. The summed E-state index contributed by atoms with van der Waals surface area (Å²) in [5.74, 6) is 1.13. The lowest BCUT2D eigenvalue weighted by atomic mass is 10.2. The van der Waals surface area contributed by atoms with Crippen LogP contribution in [0.2, 0.25) is 5.04 Å². The Bertz CT molecular complexity index is 1420. The SMILES string of the molecule is Cc1c(OCc2ccccc2)c(=O)ccn1[C@H]1CS[C@@H](CO[Si](c2ccccc2)(c2ccccc2)C(C)(C)C)O1. The third-order valence-corrected chi connectivity index (χ3v) is 13.6. The van der Waals surface area contributed by atoms with Crippen LogP contribution in [0.1, 0.15) is 38.3 Å². The van der Waals surface area contributed by atoms with Crippen LogP contribution < -0.4 is 20.5 Å². The molecule has 2 heterocycles. The van der Waals surface area contributed by atoms with Crippen molar-refractivity contribution < 1.29 is 13.9 Å². The fraction of sp³-hybridized carbons (Fsp3) is 0.303. The van der Waals surface area contributed by atoms with Crippen LogP contribution in [0.5, 0.6) is 5.75 Å². The van der Waals surface area contributed by atoms with Gasteiger partial charge in [-0.25, -0.2) is 0 Å². The van der Waals surface area contributed by atoms with Gasteiger partial charge in [-0.05, 0) is 27.9 Å². The fourth-order valence-electron chi connectivity index (χ4n) is 5.48. The first-order valence-electron chi connectivity index (χ1n) is 13.7. The monoisotopic (exact) mass is 571 g/mol. The van der Waals surface area contributed by atoms with Gasteiger partial charge in [0.2, 0.25) is 5.43 Å². The van der Waals surface area contributed by atoms with Gasteiger partial charge in [0, 0.05) is 18.0 Å². The molecular formula is C33H37NO4SSi. The van der Waals surface area contributed by atoms with Crippen molar-refractivity contribution in [1.82, 2.24) is 4.57 Å². The summed E-state index contributed by atoms with van der Waals surface area (Å²) in [7, 11) is -2.65. The van der Waals surface area contributed by atoms with Crippen LogP contribution in [0, 0.1) is 6.92 Å². The predicted molar refractivity (Wildman–Crippen MR) is 166 cm³/mol. The maximum atomic E-state index is 12.7. The lowest BCUT2D eigenvalue weighted by Crippen LogP contribution is -2.67. The third kappa shape index (κ3) is 5.83. The number of benzene rings is 3. The molecule has 3 aromatic carbocycles. The van der Waals surface area contributed by atoms with E-state index in [-0.39, 0.29) is 22.1 Å². The highest BCUT2D eigenvalue weighted by molar-refractivity contribution is 8.00. The summed E-state index contributed by atoms with van der Waals surface area (Å²) in [5, 5.41) is 2.41. The maximum absolute atomic E-state index is 12.7. The highest BCUT2D eigenvalue weighted by Gasteiger charge is 2.50. The summed E-state index contributed by atoms with van der Waals surface area (Å²) < 4.78 is 21.6. The number of rotatable bonds is 9. The van der Waals surface area contributed by atoms with Crippen molar-refractivity contribution in [3.8, 4) is 5.75 Å². The van der Waals surface area contributed by atoms with Gasteiger partial charge in [0.25, 0.3) is 8.32 Å². The van der Waals surface area contributed by atoms with E-state index in [1.165, 1.54) is 10.4 Å². The number of hydrogen-bond acceptors (Lipinski definition) is 5. The summed E-state index contributed by atoms with van der Waals surface area (Å²) in [6, 6.07) is 32.8. The maximum Gasteiger partial charge on any atom is 0.261 e. The molecule has 0 amide bonds. The molecule has 5 nitrogen and oxygen atoms in total. The Kier molecular flexibility index (Phi) is 8.66. The van der Waals surface area contributed by atoms with Crippen molar-refractivity contribution >= 4 is 30.5 Å². The summed E-state index contributed by atoms with van der Waals surface area (Å²) in [6.45, 7) is 9.59. The first kappa shape index (κ1) is 28.4. The normalized spacial score (nSPS) is 17.6. The molecule has 0 N–H and O–H groups in total. The van der Waals surface area contributed by atoms with Gasteiger partial charge in [-0.3, -0.25) is 4.79 Å². The van der Waals surface area contributed by atoms with Gasteiger partial charge in [0.15, 0.2) is 5.75 Å². The Hall–Kier alpha value is -3.10. The molecule has 1 fully saturated rings. The van der Waals surface area contributed by atoms with E-state index in [4.69, 9.17) is 13.9 Å². The molecule has 0 spiro atoms. The lowest BCUT2D eigenvalue weighted by molar-refractivity contribution is -0.00268. The molecule has 1 aliphatic rings. The molecule has 1 saturated heterocycles. The van der Waals surface area contributed by atoms with Gasteiger partial charge in [0.05, 0.1) is 12.3 Å². The average Bonchev–Trinajstić information content (AvgIpc) is 3.43. The second-order valence-electron chi connectivity index (χ2n) is 11.1. The molecule has 5 rings (SSSR count). The fourth-order valence-corrected chi connectivity index (χ4v) is 11.1. The molecule has 0 saturated carbocycles. The van der Waals surface area contributed by atoms with Crippen LogP contribution in [0.15, 0.2) is 108 Å². The highest BCUT2D eigenvalue weighted by atomic mass is 32.2. The second kappa shape index (κ2) is 12.2. The molecule has 0 aliphatic carbocycles. The molecule has 2 atom stereocenters. The number of aromatic nitrogens is 1. The van der Waals surface area contributed by atoms with Gasteiger partial charge in [0.1, 0.15) is 18.3 Å². The van der Waals surface area contributed by atoms with Crippen molar-refractivity contribution in [3.63, 3.8) is 0 Å². The standard InChI is InChI=1S/C33H37NO4SSi/c1-25-32(36-22-26-14-8-5-9-15-26)29(35)20-21-34(25)30-24-39-31(38-30)23-37-40(33(2,3)4,27-16-10-6-11-17-27)28-18-12-7-13-19-28/h5-21,30-31H,22-24H2,1-4H3/t30-,31+/m1/s1. The molecule has 0 radical (unpaired) electrons. The lowest BCUT2D eigenvalue weighted by Gasteiger charge is -2.43. The summed E-state index contributed by atoms with van der Waals surface area (Å²) in [6.07, 6.45) is 1.60. The molecule has 4 aromatic rings. The topological polar surface area (TPSA) is 49.7 Å². The summed E-state index contributed by atoms with van der Waals surface area (Å²) in [4.78, 5) is 12.7. The number of ether oxygens (including phenoxy) is 2. The van der Waals surface area contributed by atoms with Gasteiger partial charge in [-0.15, -0.1) is 11.8 Å². The molecule has 1 aliphatic heterocycles. The molecule has 0 bridgehead atoms. The number of thioether (sulfide) groups is 1. The van der Waals surface area contributed by atoms with Gasteiger partial charge < -0.3 is 18.5 Å². The van der Waals surface area contributed by atoms with Crippen LogP contribution in [0.25, 0.3) is 0 Å². The molecule has 7 heteroatoms. The van der Waals surface area contributed by atoms with Gasteiger partial charge in [-0.2, -0.15) is 0 Å². The minimum atomic E-state index is -2.65.